The molecule has 0 aliphatic heterocycles. The van der Waals surface area contributed by atoms with Gasteiger partial charge in [0.05, 0.1) is 15.4 Å². The molecule has 2 rings (SSSR count). The van der Waals surface area contributed by atoms with Crippen molar-refractivity contribution in [1.82, 2.24) is 0 Å². The number of benzene rings is 1. The summed E-state index contributed by atoms with van der Waals surface area (Å²) < 4.78 is 13.0. The number of rotatable bonds is 2. The third-order valence-corrected chi connectivity index (χ3v) is 4.42. The third-order valence-electron chi connectivity index (χ3n) is 2.11. The van der Waals surface area contributed by atoms with E-state index < -0.39 is 11.2 Å². The maximum atomic E-state index is 13.0. The predicted octanol–water partition coefficient (Wildman–Crippen LogP) is 5.52. The van der Waals surface area contributed by atoms with Crippen LogP contribution < -0.4 is 0 Å². The predicted molar refractivity (Wildman–Crippen MR) is 68.4 cm³/mol. The number of halogens is 4. The molecule has 0 spiro atoms. The van der Waals surface area contributed by atoms with Gasteiger partial charge in [-0.05, 0) is 29.1 Å². The summed E-state index contributed by atoms with van der Waals surface area (Å²) in [5.74, 6) is -0.452. The lowest BCUT2D eigenvalue weighted by Gasteiger charge is -2.09. The van der Waals surface area contributed by atoms with Crippen molar-refractivity contribution in [2.75, 3.05) is 0 Å². The van der Waals surface area contributed by atoms with Crippen LogP contribution in [0.25, 0.3) is 0 Å². The second kappa shape index (κ2) is 4.92. The molecule has 0 bridgehead atoms. The summed E-state index contributed by atoms with van der Waals surface area (Å²) >= 11 is 19.4. The lowest BCUT2D eigenvalue weighted by Crippen LogP contribution is -1.92. The van der Waals surface area contributed by atoms with Gasteiger partial charge in [-0.25, -0.2) is 4.39 Å². The monoisotopic (exact) mass is 294 g/mol. The minimum atomic E-state index is -0.452. The van der Waals surface area contributed by atoms with Crippen molar-refractivity contribution in [3.8, 4) is 0 Å². The molecule has 1 aromatic heterocycles. The van der Waals surface area contributed by atoms with Crippen molar-refractivity contribution in [3.63, 3.8) is 0 Å². The minimum Gasteiger partial charge on any atom is -0.205 e. The van der Waals surface area contributed by atoms with Gasteiger partial charge in [0.1, 0.15) is 5.82 Å². The topological polar surface area (TPSA) is 0 Å². The maximum absolute atomic E-state index is 13.0. The number of thiophene rings is 1. The van der Waals surface area contributed by atoms with Crippen LogP contribution in [0.5, 0.6) is 0 Å². The van der Waals surface area contributed by atoms with Gasteiger partial charge < -0.3 is 0 Å². The summed E-state index contributed by atoms with van der Waals surface area (Å²) in [7, 11) is 0. The van der Waals surface area contributed by atoms with E-state index in [4.69, 9.17) is 34.8 Å². The Bertz CT molecular complexity index is 510. The molecule has 0 aliphatic carbocycles. The fourth-order valence-corrected chi connectivity index (χ4v) is 3.13. The van der Waals surface area contributed by atoms with Gasteiger partial charge in [0.25, 0.3) is 0 Å². The van der Waals surface area contributed by atoms with Crippen LogP contribution in [0.15, 0.2) is 29.6 Å². The molecule has 0 saturated heterocycles. The Morgan fingerprint density at radius 2 is 1.88 bits per heavy atom. The molecule has 0 nitrogen and oxygen atoms in total. The second-order valence-electron chi connectivity index (χ2n) is 3.17. The SMILES string of the molecule is Fc1ccc(C(Cl)c2sccc2Cl)cc1Cl. The molecule has 0 N–H and O–H groups in total. The van der Waals surface area contributed by atoms with E-state index in [0.29, 0.717) is 5.02 Å². The third kappa shape index (κ3) is 2.35. The van der Waals surface area contributed by atoms with Gasteiger partial charge in [-0.15, -0.1) is 22.9 Å². The molecule has 84 valence electrons. The molecule has 5 heteroatoms. The van der Waals surface area contributed by atoms with Crippen LogP contribution in [0, 0.1) is 5.82 Å². The molecule has 0 amide bonds. The fraction of sp³-hybridized carbons (Fsp3) is 0.0909. The summed E-state index contributed by atoms with van der Waals surface area (Å²) in [5, 5.41) is 2.14. The Kier molecular flexibility index (Phi) is 3.75. The zero-order valence-corrected chi connectivity index (χ0v) is 11.0. The average molecular weight is 296 g/mol. The van der Waals surface area contributed by atoms with Crippen LogP contribution in [0.4, 0.5) is 4.39 Å². The highest BCUT2D eigenvalue weighted by atomic mass is 35.5. The molecule has 1 heterocycles. The van der Waals surface area contributed by atoms with Gasteiger partial charge in [-0.1, -0.05) is 29.3 Å². The fourth-order valence-electron chi connectivity index (χ4n) is 1.31. The van der Waals surface area contributed by atoms with Crippen LogP contribution in [0.2, 0.25) is 10.0 Å². The lowest BCUT2D eigenvalue weighted by molar-refractivity contribution is 0.627. The highest BCUT2D eigenvalue weighted by molar-refractivity contribution is 7.11. The standard InChI is InChI=1S/C11H6Cl3FS/c12-7-3-4-16-11(7)10(14)6-1-2-9(15)8(13)5-6/h1-5,10H. The van der Waals surface area contributed by atoms with Crippen molar-refractivity contribution in [3.05, 3.63) is 55.9 Å². The minimum absolute atomic E-state index is 0.0656. The Morgan fingerprint density at radius 1 is 1.12 bits per heavy atom. The Hall–Kier alpha value is -0.280. The first-order valence-electron chi connectivity index (χ1n) is 4.41. The Morgan fingerprint density at radius 3 is 2.44 bits per heavy atom. The van der Waals surface area contributed by atoms with Gasteiger partial charge in [0.2, 0.25) is 0 Å². The van der Waals surface area contributed by atoms with Crippen LogP contribution in [0.3, 0.4) is 0 Å². The Balaban J connectivity index is 2.38. The van der Waals surface area contributed by atoms with E-state index in [1.165, 1.54) is 23.5 Å². The molecule has 0 saturated carbocycles. The van der Waals surface area contributed by atoms with E-state index >= 15 is 0 Å². The highest BCUT2D eigenvalue weighted by Crippen LogP contribution is 2.38. The highest BCUT2D eigenvalue weighted by Gasteiger charge is 2.16. The normalized spacial score (nSPS) is 12.8. The molecule has 0 fully saturated rings. The van der Waals surface area contributed by atoms with Crippen LogP contribution in [-0.2, 0) is 0 Å². The first-order valence-corrected chi connectivity index (χ1v) is 6.48. The molecule has 1 unspecified atom stereocenters. The summed E-state index contributed by atoms with van der Waals surface area (Å²) in [6.07, 6.45) is 0. The van der Waals surface area contributed by atoms with E-state index in [9.17, 15) is 4.39 Å². The van der Waals surface area contributed by atoms with E-state index in [1.54, 1.807) is 12.1 Å². The van der Waals surface area contributed by atoms with E-state index in [0.717, 1.165) is 10.4 Å². The van der Waals surface area contributed by atoms with Gasteiger partial charge in [-0.3, -0.25) is 0 Å². The second-order valence-corrected chi connectivity index (χ2v) is 5.37. The molecular formula is C11H6Cl3FS. The zero-order chi connectivity index (χ0) is 11.7. The van der Waals surface area contributed by atoms with E-state index in [1.807, 2.05) is 5.38 Å². The van der Waals surface area contributed by atoms with Crippen LogP contribution in [0.1, 0.15) is 15.8 Å². The first kappa shape index (κ1) is 12.2. The van der Waals surface area contributed by atoms with Gasteiger partial charge in [0, 0.05) is 4.88 Å². The van der Waals surface area contributed by atoms with Crippen LogP contribution >= 0.6 is 46.1 Å². The molecule has 1 aromatic carbocycles. The molecule has 1 atom stereocenters. The summed E-state index contributed by atoms with van der Waals surface area (Å²) in [4.78, 5) is 0.839. The molecule has 0 aliphatic rings. The van der Waals surface area contributed by atoms with E-state index in [2.05, 4.69) is 0 Å². The number of hydrogen-bond acceptors (Lipinski definition) is 1. The van der Waals surface area contributed by atoms with Crippen molar-refractivity contribution >= 4 is 46.1 Å². The summed E-state index contributed by atoms with van der Waals surface area (Å²) in [6, 6.07) is 6.20. The molecule has 0 radical (unpaired) electrons. The van der Waals surface area contributed by atoms with Crippen LogP contribution in [-0.4, -0.2) is 0 Å². The van der Waals surface area contributed by atoms with Crippen molar-refractivity contribution in [2.45, 2.75) is 5.38 Å². The average Bonchev–Trinajstić information content (AvgIpc) is 2.67. The van der Waals surface area contributed by atoms with Gasteiger partial charge in [-0.2, -0.15) is 0 Å². The van der Waals surface area contributed by atoms with Crippen molar-refractivity contribution in [2.24, 2.45) is 0 Å². The van der Waals surface area contributed by atoms with Gasteiger partial charge >= 0.3 is 0 Å². The zero-order valence-electron chi connectivity index (χ0n) is 7.88. The number of alkyl halides is 1. The first-order chi connectivity index (χ1) is 7.59. The van der Waals surface area contributed by atoms with E-state index in [-0.39, 0.29) is 5.02 Å². The van der Waals surface area contributed by atoms with Crippen molar-refractivity contribution in [1.29, 1.82) is 0 Å². The Labute approximate surface area is 112 Å². The molecule has 2 aromatic rings. The smallest absolute Gasteiger partial charge is 0.141 e. The summed E-state index contributed by atoms with van der Waals surface area (Å²) in [5.41, 5.74) is 0.734. The largest absolute Gasteiger partial charge is 0.205 e. The van der Waals surface area contributed by atoms with Gasteiger partial charge in [0.15, 0.2) is 0 Å². The summed E-state index contributed by atoms with van der Waals surface area (Å²) in [6.45, 7) is 0. The van der Waals surface area contributed by atoms with Crippen molar-refractivity contribution < 1.29 is 4.39 Å². The number of hydrogen-bond donors (Lipinski definition) is 0. The maximum Gasteiger partial charge on any atom is 0.141 e. The molecular weight excluding hydrogens is 290 g/mol. The molecule has 16 heavy (non-hydrogen) atoms. The lowest BCUT2D eigenvalue weighted by atomic mass is 10.1. The quantitative estimate of drug-likeness (QED) is 0.640.